The summed E-state index contributed by atoms with van der Waals surface area (Å²) in [5.74, 6) is 6.54. The number of benzene rings is 1. The number of nitrogens with two attached hydrogens (primary N) is 1. The molecule has 0 spiro atoms. The minimum Gasteiger partial charge on any atom is -0.495 e. The zero-order valence-electron chi connectivity index (χ0n) is 20.2. The van der Waals surface area contributed by atoms with E-state index in [2.05, 4.69) is 41.0 Å². The molecule has 0 radical (unpaired) electrons. The van der Waals surface area contributed by atoms with E-state index in [4.69, 9.17) is 15.2 Å². The van der Waals surface area contributed by atoms with Crippen LogP contribution >= 0.6 is 11.3 Å². The average Bonchev–Trinajstić information content (AvgIpc) is 3.54. The molecule has 8 nitrogen and oxygen atoms in total. The van der Waals surface area contributed by atoms with Crippen molar-refractivity contribution in [3.63, 3.8) is 0 Å². The lowest BCUT2D eigenvalue weighted by atomic mass is 9.98. The van der Waals surface area contributed by atoms with Crippen LogP contribution in [0.1, 0.15) is 36.1 Å². The normalized spacial score (nSPS) is 15.5. The zero-order valence-corrected chi connectivity index (χ0v) is 21.0. The minimum atomic E-state index is -0.148. The maximum atomic E-state index is 12.4. The summed E-state index contributed by atoms with van der Waals surface area (Å²) in [5, 5.41) is 5.71. The van der Waals surface area contributed by atoms with Crippen LogP contribution in [0.3, 0.4) is 0 Å². The molecule has 1 aliphatic heterocycles. The van der Waals surface area contributed by atoms with E-state index >= 15 is 0 Å². The fourth-order valence-electron chi connectivity index (χ4n) is 5.05. The summed E-state index contributed by atoms with van der Waals surface area (Å²) in [5.41, 5.74) is 11.3. The van der Waals surface area contributed by atoms with Crippen molar-refractivity contribution in [3.05, 3.63) is 41.3 Å². The predicted molar refractivity (Wildman–Crippen MR) is 138 cm³/mol. The number of carbonyl (C=O) groups is 1. The number of rotatable bonds is 5. The number of hydrogen-bond acceptors (Lipinski definition) is 7. The maximum Gasteiger partial charge on any atom is 0.298 e. The highest BCUT2D eigenvalue weighted by molar-refractivity contribution is 7.22. The Kier molecular flexibility index (Phi) is 6.09. The number of likely N-dealkylation sites (tertiary alicyclic amines) is 1. The van der Waals surface area contributed by atoms with Crippen LogP contribution in [-0.2, 0) is 16.1 Å². The number of fused-ring (bicyclic) bond motifs is 2. The van der Waals surface area contributed by atoms with E-state index in [0.717, 1.165) is 55.0 Å². The number of carbonyl (C=O) groups excluding carboxylic acids is 1. The average molecular weight is 490 g/mol. The summed E-state index contributed by atoms with van der Waals surface area (Å²) in [6.45, 7) is 5.34. The van der Waals surface area contributed by atoms with Gasteiger partial charge in [-0.05, 0) is 49.3 Å². The molecule has 180 valence electrons. The van der Waals surface area contributed by atoms with Gasteiger partial charge in [0, 0.05) is 42.1 Å². The number of nitrogens with zero attached hydrogens (tertiary/aromatic N) is 4. The van der Waals surface area contributed by atoms with E-state index in [1.165, 1.54) is 6.33 Å². The highest BCUT2D eigenvalue weighted by Gasteiger charge is 2.34. The summed E-state index contributed by atoms with van der Waals surface area (Å²) in [6, 6.07) is 6.37. The second kappa shape index (κ2) is 9.21. The van der Waals surface area contributed by atoms with E-state index in [-0.39, 0.29) is 11.8 Å². The SMILES string of the molecule is CC#CC(=O)N1CC[C@H](c2c(COC)c(-c3cc4cc(C)cc(OC)c4s3)c3c(N)ncnn23)C1. The van der Waals surface area contributed by atoms with Gasteiger partial charge < -0.3 is 20.1 Å². The highest BCUT2D eigenvalue weighted by Crippen LogP contribution is 2.46. The fourth-order valence-corrected chi connectivity index (χ4v) is 6.26. The van der Waals surface area contributed by atoms with Crippen molar-refractivity contribution in [1.29, 1.82) is 0 Å². The standard InChI is InChI=1S/C26H27N5O3S/c1-5-6-21(32)30-8-7-16(12-30)23-18(13-33-3)22(24-26(27)28-14-29-31(23)24)20-11-17-9-15(2)10-19(34-4)25(17)35-20/h9-11,14,16H,7-8,12-13H2,1-4H3,(H2,27,28,29)/t16-/m0/s1. The number of aromatic nitrogens is 3. The molecule has 1 aromatic carbocycles. The number of aryl methyl sites for hydroxylation is 1. The lowest BCUT2D eigenvalue weighted by Gasteiger charge is -2.15. The third kappa shape index (κ3) is 3.89. The van der Waals surface area contributed by atoms with Gasteiger partial charge in [0.05, 0.1) is 24.1 Å². The summed E-state index contributed by atoms with van der Waals surface area (Å²) in [6.07, 6.45) is 2.28. The van der Waals surface area contributed by atoms with Gasteiger partial charge in [-0.1, -0.05) is 12.0 Å². The predicted octanol–water partition coefficient (Wildman–Crippen LogP) is 4.00. The summed E-state index contributed by atoms with van der Waals surface area (Å²) in [7, 11) is 3.38. The molecular weight excluding hydrogens is 462 g/mol. The van der Waals surface area contributed by atoms with Crippen LogP contribution in [0.2, 0.25) is 0 Å². The molecule has 5 rings (SSSR count). The Morgan fingerprint density at radius 1 is 1.31 bits per heavy atom. The first kappa shape index (κ1) is 23.1. The number of hydrogen-bond donors (Lipinski definition) is 1. The van der Waals surface area contributed by atoms with Crippen LogP contribution < -0.4 is 10.5 Å². The van der Waals surface area contributed by atoms with Gasteiger partial charge in [0.2, 0.25) is 0 Å². The zero-order chi connectivity index (χ0) is 24.7. The first-order valence-corrected chi connectivity index (χ1v) is 12.2. The Labute approximate surface area is 207 Å². The quantitative estimate of drug-likeness (QED) is 0.426. The summed E-state index contributed by atoms with van der Waals surface area (Å²) in [4.78, 5) is 19.6. The molecule has 4 heterocycles. The van der Waals surface area contributed by atoms with Crippen LogP contribution in [0.5, 0.6) is 5.75 Å². The van der Waals surface area contributed by atoms with Crippen LogP contribution in [0.25, 0.3) is 26.0 Å². The smallest absolute Gasteiger partial charge is 0.298 e. The molecule has 4 aromatic rings. The van der Waals surface area contributed by atoms with Gasteiger partial charge in [0.25, 0.3) is 5.91 Å². The van der Waals surface area contributed by atoms with Crippen LogP contribution in [-0.4, -0.2) is 52.7 Å². The first-order chi connectivity index (χ1) is 17.0. The van der Waals surface area contributed by atoms with Crippen LogP contribution in [0.15, 0.2) is 24.5 Å². The Morgan fingerprint density at radius 2 is 2.14 bits per heavy atom. The lowest BCUT2D eigenvalue weighted by molar-refractivity contribution is -0.124. The summed E-state index contributed by atoms with van der Waals surface area (Å²) < 4.78 is 14.3. The van der Waals surface area contributed by atoms with Gasteiger partial charge in [-0.15, -0.1) is 11.3 Å². The third-order valence-electron chi connectivity index (χ3n) is 6.47. The van der Waals surface area contributed by atoms with Crippen LogP contribution in [0.4, 0.5) is 5.82 Å². The molecule has 1 saturated heterocycles. The van der Waals surface area contributed by atoms with E-state index in [9.17, 15) is 4.79 Å². The van der Waals surface area contributed by atoms with E-state index in [0.29, 0.717) is 25.5 Å². The van der Waals surface area contributed by atoms with Crippen molar-refractivity contribution < 1.29 is 14.3 Å². The molecule has 1 aliphatic rings. The Hall–Kier alpha value is -3.61. The number of nitrogen functional groups attached to an aromatic ring is 1. The third-order valence-corrected chi connectivity index (χ3v) is 7.65. The van der Waals surface area contributed by atoms with Crippen LogP contribution in [0, 0.1) is 18.8 Å². The molecule has 1 fully saturated rings. The summed E-state index contributed by atoms with van der Waals surface area (Å²) >= 11 is 1.65. The Balaban J connectivity index is 1.74. The van der Waals surface area contributed by atoms with Gasteiger partial charge >= 0.3 is 0 Å². The number of ether oxygens (including phenoxy) is 2. The van der Waals surface area contributed by atoms with Crippen molar-refractivity contribution in [1.82, 2.24) is 19.5 Å². The van der Waals surface area contributed by atoms with Crippen molar-refractivity contribution in [2.75, 3.05) is 33.0 Å². The number of methoxy groups -OCH3 is 2. The molecule has 2 N–H and O–H groups in total. The molecule has 0 bridgehead atoms. The molecule has 3 aromatic heterocycles. The van der Waals surface area contributed by atoms with E-state index in [1.807, 2.05) is 10.6 Å². The molecule has 1 amide bonds. The molecular formula is C26H27N5O3S. The monoisotopic (exact) mass is 489 g/mol. The van der Waals surface area contributed by atoms with E-state index in [1.54, 1.807) is 37.4 Å². The molecule has 0 unspecified atom stereocenters. The highest BCUT2D eigenvalue weighted by atomic mass is 32.1. The topological polar surface area (TPSA) is 95.0 Å². The van der Waals surface area contributed by atoms with Crippen molar-refractivity contribution >= 4 is 38.7 Å². The second-order valence-electron chi connectivity index (χ2n) is 8.69. The lowest BCUT2D eigenvalue weighted by Crippen LogP contribution is -2.27. The van der Waals surface area contributed by atoms with Gasteiger partial charge in [0.1, 0.15) is 17.6 Å². The molecule has 9 heteroatoms. The van der Waals surface area contributed by atoms with Gasteiger partial charge in [-0.3, -0.25) is 4.79 Å². The van der Waals surface area contributed by atoms with Crippen molar-refractivity contribution in [2.24, 2.45) is 0 Å². The second-order valence-corrected chi connectivity index (χ2v) is 9.74. The number of anilines is 1. The van der Waals surface area contributed by atoms with E-state index < -0.39 is 0 Å². The first-order valence-electron chi connectivity index (χ1n) is 11.4. The number of amides is 1. The molecule has 0 aliphatic carbocycles. The molecule has 35 heavy (non-hydrogen) atoms. The van der Waals surface area contributed by atoms with Crippen molar-refractivity contribution in [2.45, 2.75) is 32.8 Å². The molecule has 0 saturated carbocycles. The largest absolute Gasteiger partial charge is 0.495 e. The molecule has 1 atom stereocenters. The fraction of sp³-hybridized carbons (Fsp3) is 0.346. The Bertz CT molecular complexity index is 1510. The van der Waals surface area contributed by atoms with Gasteiger partial charge in [-0.2, -0.15) is 5.10 Å². The minimum absolute atomic E-state index is 0.0736. The van der Waals surface area contributed by atoms with Crippen molar-refractivity contribution in [3.8, 4) is 28.0 Å². The van der Waals surface area contributed by atoms with Gasteiger partial charge in [-0.25, -0.2) is 9.50 Å². The maximum absolute atomic E-state index is 12.4. The number of thiophene rings is 1. The van der Waals surface area contributed by atoms with Gasteiger partial charge in [0.15, 0.2) is 5.82 Å². The Morgan fingerprint density at radius 3 is 2.89 bits per heavy atom.